The van der Waals surface area contributed by atoms with Gasteiger partial charge in [0.25, 0.3) is 0 Å². The highest BCUT2D eigenvalue weighted by Crippen LogP contribution is 2.24. The Hall–Kier alpha value is -1.85. The second-order valence-electron chi connectivity index (χ2n) is 4.91. The van der Waals surface area contributed by atoms with E-state index in [4.69, 9.17) is 9.47 Å². The van der Waals surface area contributed by atoms with E-state index in [1.807, 2.05) is 24.3 Å². The number of carbonyl (C=O) groups is 1. The minimum atomic E-state index is -0.106. The maximum absolute atomic E-state index is 11.8. The van der Waals surface area contributed by atoms with Crippen molar-refractivity contribution >= 4 is 11.6 Å². The molecule has 1 aromatic rings. The number of hydrogen-bond donors (Lipinski definition) is 2. The molecule has 0 aliphatic carbocycles. The highest BCUT2D eigenvalue weighted by molar-refractivity contribution is 5.93. The van der Waals surface area contributed by atoms with Crippen LogP contribution in [0.1, 0.15) is 12.8 Å². The first-order valence-corrected chi connectivity index (χ1v) is 7.24. The predicted octanol–water partition coefficient (Wildman–Crippen LogP) is 1.96. The van der Waals surface area contributed by atoms with Gasteiger partial charge >= 0.3 is 0 Å². The molecule has 0 saturated carbocycles. The van der Waals surface area contributed by atoms with Gasteiger partial charge in [-0.15, -0.1) is 6.58 Å². The van der Waals surface area contributed by atoms with Crippen molar-refractivity contribution in [2.45, 2.75) is 18.9 Å². The second-order valence-corrected chi connectivity index (χ2v) is 4.91. The average molecular weight is 290 g/mol. The Morgan fingerprint density at radius 1 is 1.48 bits per heavy atom. The normalized spacial score (nSPS) is 17.4. The zero-order chi connectivity index (χ0) is 14.9. The van der Waals surface area contributed by atoms with Crippen molar-refractivity contribution < 1.29 is 14.3 Å². The number of carbonyl (C=O) groups excluding carboxylic acids is 1. The van der Waals surface area contributed by atoms with Crippen LogP contribution >= 0.6 is 0 Å². The van der Waals surface area contributed by atoms with E-state index < -0.39 is 0 Å². The first-order valence-electron chi connectivity index (χ1n) is 7.24. The van der Waals surface area contributed by atoms with Crippen molar-refractivity contribution in [3.63, 3.8) is 0 Å². The van der Waals surface area contributed by atoms with Crippen molar-refractivity contribution in [1.29, 1.82) is 0 Å². The molecule has 0 spiro atoms. The molecule has 114 valence electrons. The van der Waals surface area contributed by atoms with Crippen molar-refractivity contribution in [2.75, 3.05) is 31.6 Å². The lowest BCUT2D eigenvalue weighted by Gasteiger charge is -2.15. The smallest absolute Gasteiger partial charge is 0.238 e. The Balaban J connectivity index is 1.86. The third-order valence-corrected chi connectivity index (χ3v) is 3.18. The fraction of sp³-hybridized carbons (Fsp3) is 0.438. The number of nitrogens with one attached hydrogen (secondary N) is 2. The van der Waals surface area contributed by atoms with Crippen LogP contribution in [-0.2, 0) is 9.53 Å². The molecule has 1 saturated heterocycles. The summed E-state index contributed by atoms with van der Waals surface area (Å²) in [5, 5.41) is 5.80. The Labute approximate surface area is 125 Å². The van der Waals surface area contributed by atoms with Crippen LogP contribution in [0.3, 0.4) is 0 Å². The van der Waals surface area contributed by atoms with Crippen LogP contribution in [0.5, 0.6) is 5.75 Å². The molecular weight excluding hydrogens is 268 g/mol. The number of rotatable bonds is 8. The van der Waals surface area contributed by atoms with E-state index in [1.165, 1.54) is 0 Å². The van der Waals surface area contributed by atoms with E-state index in [9.17, 15) is 4.79 Å². The summed E-state index contributed by atoms with van der Waals surface area (Å²) in [6, 6.07) is 7.43. The third-order valence-electron chi connectivity index (χ3n) is 3.18. The molecule has 2 N–H and O–H groups in total. The van der Waals surface area contributed by atoms with Gasteiger partial charge in [-0.05, 0) is 25.0 Å². The van der Waals surface area contributed by atoms with E-state index in [1.54, 1.807) is 6.08 Å². The number of para-hydroxylation sites is 2. The van der Waals surface area contributed by atoms with Gasteiger partial charge in [0.2, 0.25) is 5.91 Å². The highest BCUT2D eigenvalue weighted by atomic mass is 16.5. The summed E-state index contributed by atoms with van der Waals surface area (Å²) >= 11 is 0. The Kier molecular flexibility index (Phi) is 6.24. The summed E-state index contributed by atoms with van der Waals surface area (Å²) in [6.45, 7) is 5.76. The molecule has 1 aromatic carbocycles. The molecule has 21 heavy (non-hydrogen) atoms. The van der Waals surface area contributed by atoms with Crippen molar-refractivity contribution in [3.8, 4) is 5.75 Å². The van der Waals surface area contributed by atoms with E-state index in [2.05, 4.69) is 17.2 Å². The number of hydrogen-bond acceptors (Lipinski definition) is 4. The minimum absolute atomic E-state index is 0.106. The molecule has 0 aromatic heterocycles. The molecule has 1 aliphatic rings. The summed E-state index contributed by atoms with van der Waals surface area (Å²) in [5.74, 6) is 0.565. The van der Waals surface area contributed by atoms with Crippen molar-refractivity contribution in [2.24, 2.45) is 0 Å². The largest absolute Gasteiger partial charge is 0.489 e. The molecule has 0 radical (unpaired) electrons. The van der Waals surface area contributed by atoms with Crippen LogP contribution in [0.2, 0.25) is 0 Å². The second kappa shape index (κ2) is 8.44. The van der Waals surface area contributed by atoms with Gasteiger partial charge in [0.15, 0.2) is 0 Å². The maximum Gasteiger partial charge on any atom is 0.238 e. The molecule has 1 unspecified atom stereocenters. The lowest BCUT2D eigenvalue weighted by atomic mass is 10.2. The van der Waals surface area contributed by atoms with Gasteiger partial charge in [-0.2, -0.15) is 0 Å². The number of amides is 1. The quantitative estimate of drug-likeness (QED) is 0.567. The molecule has 1 aliphatic heterocycles. The van der Waals surface area contributed by atoms with Gasteiger partial charge in [0.05, 0.1) is 18.3 Å². The average Bonchev–Trinajstić information content (AvgIpc) is 3.00. The van der Waals surface area contributed by atoms with Gasteiger partial charge in [-0.3, -0.25) is 4.79 Å². The Morgan fingerprint density at radius 2 is 2.33 bits per heavy atom. The molecule has 1 atom stereocenters. The van der Waals surface area contributed by atoms with Gasteiger partial charge < -0.3 is 20.1 Å². The van der Waals surface area contributed by atoms with Crippen LogP contribution in [0, 0.1) is 0 Å². The Morgan fingerprint density at radius 3 is 3.10 bits per heavy atom. The standard InChI is InChI=1S/C16H22N2O3/c1-2-9-17-11-16(19)18-14-7-3-4-8-15(14)21-12-13-6-5-10-20-13/h2-4,7-8,13,17H,1,5-6,9-12H2,(H,18,19). The van der Waals surface area contributed by atoms with Crippen LogP contribution in [-0.4, -0.2) is 38.3 Å². The van der Waals surface area contributed by atoms with Gasteiger partial charge in [0.1, 0.15) is 12.4 Å². The predicted molar refractivity (Wildman–Crippen MR) is 82.6 cm³/mol. The molecule has 1 fully saturated rings. The van der Waals surface area contributed by atoms with E-state index >= 15 is 0 Å². The highest BCUT2D eigenvalue weighted by Gasteiger charge is 2.17. The monoisotopic (exact) mass is 290 g/mol. The number of benzene rings is 1. The molecule has 2 rings (SSSR count). The molecule has 5 nitrogen and oxygen atoms in total. The fourth-order valence-corrected chi connectivity index (χ4v) is 2.14. The van der Waals surface area contributed by atoms with Crippen LogP contribution in [0.25, 0.3) is 0 Å². The van der Waals surface area contributed by atoms with E-state index in [-0.39, 0.29) is 18.6 Å². The lowest BCUT2D eigenvalue weighted by molar-refractivity contribution is -0.115. The van der Waals surface area contributed by atoms with Crippen LogP contribution in [0.15, 0.2) is 36.9 Å². The van der Waals surface area contributed by atoms with Crippen LogP contribution in [0.4, 0.5) is 5.69 Å². The SMILES string of the molecule is C=CCNCC(=O)Nc1ccccc1OCC1CCCO1. The Bertz CT molecular complexity index is 470. The summed E-state index contributed by atoms with van der Waals surface area (Å²) in [5.41, 5.74) is 0.681. The zero-order valence-electron chi connectivity index (χ0n) is 12.1. The molecule has 1 amide bonds. The number of ether oxygens (including phenoxy) is 2. The van der Waals surface area contributed by atoms with E-state index in [0.29, 0.717) is 24.6 Å². The summed E-state index contributed by atoms with van der Waals surface area (Å²) in [7, 11) is 0. The summed E-state index contributed by atoms with van der Waals surface area (Å²) in [6.07, 6.45) is 3.98. The maximum atomic E-state index is 11.8. The topological polar surface area (TPSA) is 59.6 Å². The molecular formula is C16H22N2O3. The minimum Gasteiger partial charge on any atom is -0.489 e. The van der Waals surface area contributed by atoms with E-state index in [0.717, 1.165) is 19.4 Å². The van der Waals surface area contributed by atoms with Gasteiger partial charge in [-0.25, -0.2) is 0 Å². The third kappa shape index (κ3) is 5.21. The lowest BCUT2D eigenvalue weighted by Crippen LogP contribution is -2.28. The molecule has 1 heterocycles. The first kappa shape index (κ1) is 15.5. The molecule has 0 bridgehead atoms. The van der Waals surface area contributed by atoms with Gasteiger partial charge in [0, 0.05) is 13.2 Å². The summed E-state index contributed by atoms with van der Waals surface area (Å²) < 4.78 is 11.3. The zero-order valence-corrected chi connectivity index (χ0v) is 12.1. The number of anilines is 1. The van der Waals surface area contributed by atoms with Crippen molar-refractivity contribution in [1.82, 2.24) is 5.32 Å². The molecule has 5 heteroatoms. The fourth-order valence-electron chi connectivity index (χ4n) is 2.14. The van der Waals surface area contributed by atoms with Crippen LogP contribution < -0.4 is 15.4 Å². The van der Waals surface area contributed by atoms with Gasteiger partial charge in [-0.1, -0.05) is 18.2 Å². The van der Waals surface area contributed by atoms with Crippen molar-refractivity contribution in [3.05, 3.63) is 36.9 Å². The first-order chi connectivity index (χ1) is 10.3. The summed E-state index contributed by atoms with van der Waals surface area (Å²) in [4.78, 5) is 11.8.